The summed E-state index contributed by atoms with van der Waals surface area (Å²) in [6, 6.07) is 8.18. The molecule has 0 fully saturated rings. The van der Waals surface area contributed by atoms with Gasteiger partial charge >= 0.3 is 0 Å². The van der Waals surface area contributed by atoms with E-state index in [0.717, 1.165) is 18.6 Å². The van der Waals surface area contributed by atoms with E-state index in [4.69, 9.17) is 4.74 Å². The maximum atomic E-state index is 5.03. The summed E-state index contributed by atoms with van der Waals surface area (Å²) in [5.41, 5.74) is 2.38. The van der Waals surface area contributed by atoms with Gasteiger partial charge < -0.3 is 4.74 Å². The van der Waals surface area contributed by atoms with Crippen LogP contribution in [0.25, 0.3) is 0 Å². The highest BCUT2D eigenvalue weighted by Gasteiger charge is 1.97. The van der Waals surface area contributed by atoms with E-state index in [1.54, 1.807) is 7.11 Å². The summed E-state index contributed by atoms with van der Waals surface area (Å²) in [4.78, 5) is 0. The SMILES string of the molecule is CC#Cc1ccccc1CCOC. The zero-order chi connectivity index (χ0) is 9.52. The molecule has 0 unspecified atom stereocenters. The number of ether oxygens (including phenoxy) is 1. The van der Waals surface area contributed by atoms with Gasteiger partial charge in [-0.2, -0.15) is 0 Å². The van der Waals surface area contributed by atoms with Crippen molar-refractivity contribution in [3.8, 4) is 11.8 Å². The van der Waals surface area contributed by atoms with E-state index in [1.165, 1.54) is 5.56 Å². The highest BCUT2D eigenvalue weighted by molar-refractivity contribution is 5.41. The minimum absolute atomic E-state index is 0.752. The van der Waals surface area contributed by atoms with Gasteiger partial charge in [-0.25, -0.2) is 0 Å². The monoisotopic (exact) mass is 174 g/mol. The first-order chi connectivity index (χ1) is 6.38. The summed E-state index contributed by atoms with van der Waals surface area (Å²) in [6.45, 7) is 2.61. The van der Waals surface area contributed by atoms with Crippen molar-refractivity contribution in [3.05, 3.63) is 35.4 Å². The van der Waals surface area contributed by atoms with Gasteiger partial charge in [0.15, 0.2) is 0 Å². The first kappa shape index (κ1) is 9.83. The molecule has 1 nitrogen and oxygen atoms in total. The van der Waals surface area contributed by atoms with Gasteiger partial charge in [0.25, 0.3) is 0 Å². The molecule has 1 rings (SSSR count). The summed E-state index contributed by atoms with van der Waals surface area (Å²) in [7, 11) is 1.72. The van der Waals surface area contributed by atoms with Crippen molar-refractivity contribution in [2.75, 3.05) is 13.7 Å². The number of hydrogen-bond donors (Lipinski definition) is 0. The molecule has 1 heteroatoms. The van der Waals surface area contributed by atoms with E-state index >= 15 is 0 Å². The van der Waals surface area contributed by atoms with Crippen LogP contribution in [-0.2, 0) is 11.2 Å². The fourth-order valence-corrected chi connectivity index (χ4v) is 1.21. The Morgan fingerprint density at radius 1 is 1.31 bits per heavy atom. The fourth-order valence-electron chi connectivity index (χ4n) is 1.21. The lowest BCUT2D eigenvalue weighted by Crippen LogP contribution is -1.96. The third-order valence-electron chi connectivity index (χ3n) is 1.85. The second-order valence-electron chi connectivity index (χ2n) is 2.77. The summed E-state index contributed by atoms with van der Waals surface area (Å²) in [6.07, 6.45) is 0.932. The first-order valence-corrected chi connectivity index (χ1v) is 4.38. The molecule has 0 heterocycles. The molecule has 0 aliphatic carbocycles. The zero-order valence-corrected chi connectivity index (χ0v) is 8.13. The molecule has 1 aromatic rings. The molecular weight excluding hydrogens is 160 g/mol. The number of hydrogen-bond acceptors (Lipinski definition) is 1. The number of benzene rings is 1. The van der Waals surface area contributed by atoms with Crippen molar-refractivity contribution < 1.29 is 4.74 Å². The van der Waals surface area contributed by atoms with E-state index in [2.05, 4.69) is 17.9 Å². The molecular formula is C12H14O. The molecule has 0 aliphatic heterocycles. The first-order valence-electron chi connectivity index (χ1n) is 4.38. The minimum atomic E-state index is 0.752. The Morgan fingerprint density at radius 3 is 2.77 bits per heavy atom. The number of rotatable bonds is 3. The smallest absolute Gasteiger partial charge is 0.0503 e. The van der Waals surface area contributed by atoms with Gasteiger partial charge in [0.1, 0.15) is 0 Å². The Kier molecular flexibility index (Phi) is 4.08. The molecule has 68 valence electrons. The predicted molar refractivity (Wildman–Crippen MR) is 54.6 cm³/mol. The van der Waals surface area contributed by atoms with Crippen LogP contribution in [0.1, 0.15) is 18.1 Å². The third kappa shape index (κ3) is 2.93. The molecule has 0 spiro atoms. The van der Waals surface area contributed by atoms with Crippen LogP contribution in [0.3, 0.4) is 0 Å². The van der Waals surface area contributed by atoms with E-state index in [9.17, 15) is 0 Å². The van der Waals surface area contributed by atoms with Crippen LogP contribution in [0.5, 0.6) is 0 Å². The average Bonchev–Trinajstić information content (AvgIpc) is 2.17. The van der Waals surface area contributed by atoms with Crippen molar-refractivity contribution in [1.82, 2.24) is 0 Å². The fraction of sp³-hybridized carbons (Fsp3) is 0.333. The minimum Gasteiger partial charge on any atom is -0.384 e. The van der Waals surface area contributed by atoms with E-state index in [-0.39, 0.29) is 0 Å². The van der Waals surface area contributed by atoms with Crippen molar-refractivity contribution in [2.24, 2.45) is 0 Å². The largest absolute Gasteiger partial charge is 0.384 e. The van der Waals surface area contributed by atoms with Gasteiger partial charge in [0.2, 0.25) is 0 Å². The van der Waals surface area contributed by atoms with Crippen molar-refractivity contribution in [1.29, 1.82) is 0 Å². The van der Waals surface area contributed by atoms with Crippen LogP contribution < -0.4 is 0 Å². The highest BCUT2D eigenvalue weighted by atomic mass is 16.5. The molecule has 0 aliphatic rings. The topological polar surface area (TPSA) is 9.23 Å². The lowest BCUT2D eigenvalue weighted by Gasteiger charge is -2.02. The molecule has 0 radical (unpaired) electrons. The Bertz CT molecular complexity index is 317. The Labute approximate surface area is 79.7 Å². The molecule has 13 heavy (non-hydrogen) atoms. The van der Waals surface area contributed by atoms with E-state index in [1.807, 2.05) is 25.1 Å². The molecule has 0 aromatic heterocycles. The summed E-state index contributed by atoms with van der Waals surface area (Å²) in [5, 5.41) is 0. The van der Waals surface area contributed by atoms with Gasteiger partial charge in [-0.05, 0) is 25.0 Å². The molecule has 0 N–H and O–H groups in total. The van der Waals surface area contributed by atoms with Gasteiger partial charge in [0.05, 0.1) is 6.61 Å². The predicted octanol–water partition coefficient (Wildman–Crippen LogP) is 2.25. The lowest BCUT2D eigenvalue weighted by molar-refractivity contribution is 0.202. The van der Waals surface area contributed by atoms with Crippen molar-refractivity contribution in [2.45, 2.75) is 13.3 Å². The van der Waals surface area contributed by atoms with Crippen LogP contribution in [0.2, 0.25) is 0 Å². The maximum absolute atomic E-state index is 5.03. The lowest BCUT2D eigenvalue weighted by atomic mass is 10.1. The van der Waals surface area contributed by atoms with E-state index < -0.39 is 0 Å². The highest BCUT2D eigenvalue weighted by Crippen LogP contribution is 2.07. The summed E-state index contributed by atoms with van der Waals surface area (Å²) in [5.74, 6) is 5.99. The van der Waals surface area contributed by atoms with Gasteiger partial charge in [-0.1, -0.05) is 24.1 Å². The molecule has 0 amide bonds. The van der Waals surface area contributed by atoms with Crippen LogP contribution in [0.15, 0.2) is 24.3 Å². The van der Waals surface area contributed by atoms with Gasteiger partial charge in [0, 0.05) is 12.7 Å². The van der Waals surface area contributed by atoms with Crippen LogP contribution in [0.4, 0.5) is 0 Å². The summed E-state index contributed by atoms with van der Waals surface area (Å²) >= 11 is 0. The quantitative estimate of drug-likeness (QED) is 0.639. The van der Waals surface area contributed by atoms with Crippen molar-refractivity contribution in [3.63, 3.8) is 0 Å². The Morgan fingerprint density at radius 2 is 2.08 bits per heavy atom. The summed E-state index contributed by atoms with van der Waals surface area (Å²) < 4.78 is 5.03. The molecule has 0 bridgehead atoms. The molecule has 0 saturated heterocycles. The Hall–Kier alpha value is -1.26. The second kappa shape index (κ2) is 5.40. The molecule has 0 atom stereocenters. The van der Waals surface area contributed by atoms with Crippen LogP contribution in [0, 0.1) is 11.8 Å². The number of methoxy groups -OCH3 is 1. The van der Waals surface area contributed by atoms with Gasteiger partial charge in [-0.15, -0.1) is 5.92 Å². The van der Waals surface area contributed by atoms with Crippen LogP contribution in [-0.4, -0.2) is 13.7 Å². The molecule has 1 aromatic carbocycles. The van der Waals surface area contributed by atoms with Crippen LogP contribution >= 0.6 is 0 Å². The zero-order valence-electron chi connectivity index (χ0n) is 8.13. The maximum Gasteiger partial charge on any atom is 0.0503 e. The molecule has 0 saturated carbocycles. The van der Waals surface area contributed by atoms with E-state index in [0.29, 0.717) is 0 Å². The van der Waals surface area contributed by atoms with Crippen molar-refractivity contribution >= 4 is 0 Å². The standard InChI is InChI=1S/C12H14O/c1-3-6-11-7-4-5-8-12(11)9-10-13-2/h4-5,7-8H,9-10H2,1-2H3. The Balaban J connectivity index is 2.82. The second-order valence-corrected chi connectivity index (χ2v) is 2.77. The average molecular weight is 174 g/mol. The normalized spacial score (nSPS) is 9.08. The third-order valence-corrected chi connectivity index (χ3v) is 1.85. The van der Waals surface area contributed by atoms with Gasteiger partial charge in [-0.3, -0.25) is 0 Å².